The van der Waals surface area contributed by atoms with Crippen molar-refractivity contribution in [3.8, 4) is 5.75 Å². The van der Waals surface area contributed by atoms with Crippen molar-refractivity contribution < 1.29 is 14.3 Å². The molecule has 0 N–H and O–H groups in total. The van der Waals surface area contributed by atoms with Gasteiger partial charge < -0.3 is 14.4 Å². The lowest BCUT2D eigenvalue weighted by atomic mass is 10.1. The van der Waals surface area contributed by atoms with Crippen molar-refractivity contribution in [2.24, 2.45) is 0 Å². The van der Waals surface area contributed by atoms with Crippen LogP contribution >= 0.6 is 15.9 Å². The SMILES string of the molecule is C=C(C)N(C(=C)c1cc(Br)ccc1OCc1ccc(CC)cc1)c1cccc(C(=O)OCC)c1.CC.CC. The van der Waals surface area contributed by atoms with Crippen LogP contribution in [0.2, 0.25) is 0 Å². The third-order valence-corrected chi connectivity index (χ3v) is 5.84. The van der Waals surface area contributed by atoms with Gasteiger partial charge in [0.25, 0.3) is 0 Å². The number of hydrogen-bond acceptors (Lipinski definition) is 4. The summed E-state index contributed by atoms with van der Waals surface area (Å²) in [6.45, 7) is 23.1. The van der Waals surface area contributed by atoms with Crippen molar-refractivity contribution in [2.45, 2.75) is 61.5 Å². The van der Waals surface area contributed by atoms with Gasteiger partial charge in [0, 0.05) is 27.1 Å². The molecule has 3 aromatic carbocycles. The van der Waals surface area contributed by atoms with Crippen molar-refractivity contribution in [2.75, 3.05) is 11.5 Å². The normalized spacial score (nSPS) is 9.68. The largest absolute Gasteiger partial charge is 0.488 e. The highest BCUT2D eigenvalue weighted by Gasteiger charge is 2.19. The Bertz CT molecular complexity index is 1190. The Morgan fingerprint density at radius 1 is 0.895 bits per heavy atom. The van der Waals surface area contributed by atoms with Gasteiger partial charge in [-0.05, 0) is 67.8 Å². The third-order valence-electron chi connectivity index (χ3n) is 5.35. The molecule has 0 aliphatic carbocycles. The summed E-state index contributed by atoms with van der Waals surface area (Å²) in [6, 6.07) is 21.5. The molecule has 38 heavy (non-hydrogen) atoms. The summed E-state index contributed by atoms with van der Waals surface area (Å²) in [4.78, 5) is 14.2. The van der Waals surface area contributed by atoms with Crippen LogP contribution in [-0.2, 0) is 17.8 Å². The maximum Gasteiger partial charge on any atom is 0.338 e. The van der Waals surface area contributed by atoms with Crippen LogP contribution in [0.3, 0.4) is 0 Å². The summed E-state index contributed by atoms with van der Waals surface area (Å²) in [7, 11) is 0. The lowest BCUT2D eigenvalue weighted by Crippen LogP contribution is -2.19. The molecule has 5 heteroatoms. The van der Waals surface area contributed by atoms with Gasteiger partial charge in [0.1, 0.15) is 12.4 Å². The van der Waals surface area contributed by atoms with Gasteiger partial charge in [-0.3, -0.25) is 0 Å². The molecule has 0 fully saturated rings. The van der Waals surface area contributed by atoms with E-state index in [-0.39, 0.29) is 5.97 Å². The highest BCUT2D eigenvalue weighted by atomic mass is 79.9. The Kier molecular flexibility index (Phi) is 14.8. The van der Waals surface area contributed by atoms with Gasteiger partial charge in [-0.25, -0.2) is 4.79 Å². The Labute approximate surface area is 238 Å². The van der Waals surface area contributed by atoms with Crippen molar-refractivity contribution in [3.63, 3.8) is 0 Å². The standard InChI is InChI=1S/C29H30BrNO3.2C2H6/c1-6-22-11-13-23(14-12-22)19-34-28-16-15-25(30)18-27(28)21(5)31(20(3)4)26-10-8-9-24(17-26)29(32)33-7-2;2*1-2/h8-18H,3,5-7,19H2,1-2,4H3;2*1-2H3. The van der Waals surface area contributed by atoms with Crippen LogP contribution in [0.5, 0.6) is 5.75 Å². The molecular formula is C33H42BrNO3. The molecule has 0 aromatic heterocycles. The average Bonchev–Trinajstić information content (AvgIpc) is 2.95. The number of hydrogen-bond donors (Lipinski definition) is 0. The van der Waals surface area contributed by atoms with E-state index in [9.17, 15) is 4.79 Å². The molecule has 0 aliphatic rings. The van der Waals surface area contributed by atoms with Crippen molar-refractivity contribution >= 4 is 33.3 Å². The quantitative estimate of drug-likeness (QED) is 0.224. The topological polar surface area (TPSA) is 38.8 Å². The maximum atomic E-state index is 12.3. The summed E-state index contributed by atoms with van der Waals surface area (Å²) in [6.07, 6.45) is 1.01. The zero-order valence-electron chi connectivity index (χ0n) is 23.9. The van der Waals surface area contributed by atoms with Gasteiger partial charge in [-0.2, -0.15) is 0 Å². The number of aryl methyl sites for hydroxylation is 1. The van der Waals surface area contributed by atoms with E-state index < -0.39 is 0 Å². The number of carbonyl (C=O) groups is 1. The average molecular weight is 581 g/mol. The third kappa shape index (κ3) is 9.21. The number of rotatable bonds is 10. The highest BCUT2D eigenvalue weighted by molar-refractivity contribution is 9.10. The Morgan fingerprint density at radius 3 is 2.11 bits per heavy atom. The van der Waals surface area contributed by atoms with Gasteiger partial charge in [0.2, 0.25) is 0 Å². The molecular weight excluding hydrogens is 538 g/mol. The smallest absolute Gasteiger partial charge is 0.338 e. The minimum atomic E-state index is -0.364. The predicted octanol–water partition coefficient (Wildman–Crippen LogP) is 9.83. The van der Waals surface area contributed by atoms with Crippen LogP contribution in [0.4, 0.5) is 5.69 Å². The van der Waals surface area contributed by atoms with E-state index in [4.69, 9.17) is 9.47 Å². The first-order chi connectivity index (χ1) is 18.3. The van der Waals surface area contributed by atoms with Crippen LogP contribution in [0, 0.1) is 0 Å². The number of nitrogens with zero attached hydrogens (tertiary/aromatic N) is 1. The van der Waals surface area contributed by atoms with Gasteiger partial charge in [0.15, 0.2) is 0 Å². The maximum absolute atomic E-state index is 12.3. The summed E-state index contributed by atoms with van der Waals surface area (Å²) >= 11 is 3.57. The second kappa shape index (κ2) is 17.2. The second-order valence-electron chi connectivity index (χ2n) is 7.89. The Balaban J connectivity index is 0.00000172. The number of esters is 1. The molecule has 0 saturated carbocycles. The molecule has 0 aliphatic heterocycles. The summed E-state index contributed by atoms with van der Waals surface area (Å²) in [5.74, 6) is 0.345. The van der Waals surface area contributed by atoms with Crippen LogP contribution in [0.1, 0.15) is 75.5 Å². The minimum absolute atomic E-state index is 0.319. The first-order valence-electron chi connectivity index (χ1n) is 13.3. The zero-order chi connectivity index (χ0) is 28.7. The van der Waals surface area contributed by atoms with Crippen LogP contribution in [-0.4, -0.2) is 12.6 Å². The van der Waals surface area contributed by atoms with E-state index in [1.165, 1.54) is 5.56 Å². The summed E-state index contributed by atoms with van der Waals surface area (Å²) in [5, 5.41) is 0. The fourth-order valence-corrected chi connectivity index (χ4v) is 3.96. The van der Waals surface area contributed by atoms with Crippen molar-refractivity contribution in [1.29, 1.82) is 0 Å². The van der Waals surface area contributed by atoms with Crippen LogP contribution in [0.15, 0.2) is 90.1 Å². The highest BCUT2D eigenvalue weighted by Crippen LogP contribution is 2.36. The molecule has 0 atom stereocenters. The lowest BCUT2D eigenvalue weighted by Gasteiger charge is -2.28. The van der Waals surface area contributed by atoms with E-state index in [0.29, 0.717) is 30.2 Å². The number of halogens is 1. The monoisotopic (exact) mass is 579 g/mol. The van der Waals surface area contributed by atoms with Crippen molar-refractivity contribution in [3.05, 3.63) is 112 Å². The van der Waals surface area contributed by atoms with Gasteiger partial charge in [-0.1, -0.05) is 94.0 Å². The summed E-state index contributed by atoms with van der Waals surface area (Å²) in [5.41, 5.74) is 5.89. The fourth-order valence-electron chi connectivity index (χ4n) is 3.60. The second-order valence-corrected chi connectivity index (χ2v) is 8.80. The lowest BCUT2D eigenvalue weighted by molar-refractivity contribution is 0.0526. The van der Waals surface area contributed by atoms with Crippen LogP contribution in [0.25, 0.3) is 5.70 Å². The zero-order valence-corrected chi connectivity index (χ0v) is 25.5. The van der Waals surface area contributed by atoms with E-state index in [1.807, 2.05) is 69.9 Å². The molecule has 0 spiro atoms. The molecule has 0 radical (unpaired) electrons. The van der Waals surface area contributed by atoms with E-state index >= 15 is 0 Å². The van der Waals surface area contributed by atoms with E-state index in [2.05, 4.69) is 60.3 Å². The number of ether oxygens (including phenoxy) is 2. The van der Waals surface area contributed by atoms with E-state index in [1.54, 1.807) is 19.1 Å². The van der Waals surface area contributed by atoms with Crippen LogP contribution < -0.4 is 9.64 Å². The number of carbonyl (C=O) groups excluding carboxylic acids is 1. The number of anilines is 1. The Morgan fingerprint density at radius 2 is 1.53 bits per heavy atom. The molecule has 4 nitrogen and oxygen atoms in total. The van der Waals surface area contributed by atoms with E-state index in [0.717, 1.165) is 33.4 Å². The first kappa shape index (κ1) is 32.7. The number of benzene rings is 3. The molecule has 3 rings (SSSR count). The number of allylic oxidation sites excluding steroid dienone is 1. The predicted molar refractivity (Wildman–Crippen MR) is 166 cm³/mol. The van der Waals surface area contributed by atoms with Gasteiger partial charge in [-0.15, -0.1) is 0 Å². The molecule has 0 saturated heterocycles. The minimum Gasteiger partial charge on any atom is -0.488 e. The van der Waals surface area contributed by atoms with Gasteiger partial charge in [0.05, 0.1) is 12.2 Å². The van der Waals surface area contributed by atoms with Crippen molar-refractivity contribution in [1.82, 2.24) is 0 Å². The molecule has 204 valence electrons. The molecule has 3 aromatic rings. The molecule has 0 heterocycles. The molecule has 0 unspecified atom stereocenters. The van der Waals surface area contributed by atoms with Gasteiger partial charge >= 0.3 is 5.97 Å². The Hall–Kier alpha value is -3.31. The fraction of sp³-hybridized carbons (Fsp3) is 0.303. The molecule has 0 bridgehead atoms. The molecule has 0 amide bonds. The summed E-state index contributed by atoms with van der Waals surface area (Å²) < 4.78 is 12.3. The first-order valence-corrected chi connectivity index (χ1v) is 14.1.